The smallest absolute Gasteiger partial charge is 0.227 e. The van der Waals surface area contributed by atoms with E-state index in [1.165, 1.54) is 0 Å². The molecule has 2 aromatic rings. The highest BCUT2D eigenvalue weighted by atomic mass is 16.5. The molecule has 27 heavy (non-hydrogen) atoms. The zero-order valence-electron chi connectivity index (χ0n) is 15.7. The van der Waals surface area contributed by atoms with Crippen LogP contribution in [0.5, 0.6) is 5.75 Å². The molecule has 8 nitrogen and oxygen atoms in total. The van der Waals surface area contributed by atoms with E-state index in [-0.39, 0.29) is 11.8 Å². The number of benzene rings is 1. The predicted molar refractivity (Wildman–Crippen MR) is 98.1 cm³/mol. The molecule has 144 valence electrons. The Kier molecular flexibility index (Phi) is 6.05. The number of aryl methyl sites for hydroxylation is 1. The Morgan fingerprint density at radius 3 is 2.41 bits per heavy atom. The summed E-state index contributed by atoms with van der Waals surface area (Å²) in [6, 6.07) is 7.47. The van der Waals surface area contributed by atoms with Crippen LogP contribution in [0.15, 0.2) is 28.8 Å². The van der Waals surface area contributed by atoms with Crippen LogP contribution in [0.1, 0.15) is 26.2 Å². The summed E-state index contributed by atoms with van der Waals surface area (Å²) in [5.41, 5.74) is 0.833. The van der Waals surface area contributed by atoms with Crippen molar-refractivity contribution in [1.29, 1.82) is 0 Å². The molecule has 1 fully saturated rings. The molecule has 0 aliphatic carbocycles. The number of carbonyl (C=O) groups is 2. The van der Waals surface area contributed by atoms with Gasteiger partial charge >= 0.3 is 0 Å². The topological polar surface area (TPSA) is 88.8 Å². The van der Waals surface area contributed by atoms with Gasteiger partial charge in [-0.15, -0.1) is 0 Å². The molecule has 0 spiro atoms. The van der Waals surface area contributed by atoms with Gasteiger partial charge in [0.2, 0.25) is 23.5 Å². The number of hydrogen-bond acceptors (Lipinski definition) is 6. The zero-order chi connectivity index (χ0) is 19.2. The number of piperazine rings is 1. The summed E-state index contributed by atoms with van der Waals surface area (Å²) in [4.78, 5) is 31.6. The molecular weight excluding hydrogens is 348 g/mol. The molecule has 0 N–H and O–H groups in total. The average Bonchev–Trinajstić information content (AvgIpc) is 3.16. The highest BCUT2D eigenvalue weighted by Crippen LogP contribution is 2.20. The fourth-order valence-electron chi connectivity index (χ4n) is 2.98. The van der Waals surface area contributed by atoms with Crippen molar-refractivity contribution in [2.45, 2.75) is 26.7 Å². The molecule has 0 saturated carbocycles. The van der Waals surface area contributed by atoms with Crippen LogP contribution >= 0.6 is 0 Å². The lowest BCUT2D eigenvalue weighted by atomic mass is 10.2. The second-order valence-electron chi connectivity index (χ2n) is 6.36. The summed E-state index contributed by atoms with van der Waals surface area (Å²) in [6.45, 7) is 6.41. The average molecular weight is 372 g/mol. The first-order valence-corrected chi connectivity index (χ1v) is 9.16. The lowest BCUT2D eigenvalue weighted by Crippen LogP contribution is -2.50. The summed E-state index contributed by atoms with van der Waals surface area (Å²) in [5, 5.41) is 3.99. The van der Waals surface area contributed by atoms with E-state index in [1.54, 1.807) is 16.7 Å². The van der Waals surface area contributed by atoms with Crippen molar-refractivity contribution < 1.29 is 18.8 Å². The van der Waals surface area contributed by atoms with Gasteiger partial charge in [-0.2, -0.15) is 4.98 Å². The molecule has 1 aromatic carbocycles. The number of aromatic nitrogens is 2. The summed E-state index contributed by atoms with van der Waals surface area (Å²) < 4.78 is 10.7. The first-order chi connectivity index (χ1) is 13.1. The van der Waals surface area contributed by atoms with Crippen molar-refractivity contribution >= 4 is 11.8 Å². The second kappa shape index (κ2) is 8.66. The Labute approximate surface area is 158 Å². The van der Waals surface area contributed by atoms with Gasteiger partial charge in [-0.3, -0.25) is 9.59 Å². The second-order valence-corrected chi connectivity index (χ2v) is 6.36. The normalized spacial score (nSPS) is 14.3. The Morgan fingerprint density at radius 1 is 1.11 bits per heavy atom. The highest BCUT2D eigenvalue weighted by molar-refractivity contribution is 5.77. The maximum absolute atomic E-state index is 12.3. The van der Waals surface area contributed by atoms with Crippen LogP contribution in [-0.2, 0) is 16.0 Å². The van der Waals surface area contributed by atoms with E-state index in [2.05, 4.69) is 10.1 Å². The van der Waals surface area contributed by atoms with Gasteiger partial charge in [-0.25, -0.2) is 0 Å². The van der Waals surface area contributed by atoms with E-state index in [4.69, 9.17) is 9.26 Å². The maximum atomic E-state index is 12.3. The molecular formula is C19H24N4O4. The summed E-state index contributed by atoms with van der Waals surface area (Å²) >= 11 is 0. The van der Waals surface area contributed by atoms with Crippen LogP contribution in [0.25, 0.3) is 11.4 Å². The van der Waals surface area contributed by atoms with Gasteiger partial charge in [0.15, 0.2) is 0 Å². The van der Waals surface area contributed by atoms with Gasteiger partial charge in [0.05, 0.1) is 6.61 Å². The van der Waals surface area contributed by atoms with Gasteiger partial charge < -0.3 is 19.1 Å². The molecule has 1 aromatic heterocycles. The minimum atomic E-state index is 0.0408. The van der Waals surface area contributed by atoms with Crippen LogP contribution in [0.4, 0.5) is 0 Å². The molecule has 0 unspecified atom stereocenters. The largest absolute Gasteiger partial charge is 0.494 e. The van der Waals surface area contributed by atoms with Crippen molar-refractivity contribution in [3.63, 3.8) is 0 Å². The third-order valence-corrected chi connectivity index (χ3v) is 4.52. The molecule has 0 bridgehead atoms. The number of carbonyl (C=O) groups excluding carboxylic acids is 2. The van der Waals surface area contributed by atoms with Gasteiger partial charge in [0.25, 0.3) is 0 Å². The van der Waals surface area contributed by atoms with E-state index in [9.17, 15) is 9.59 Å². The highest BCUT2D eigenvalue weighted by Gasteiger charge is 2.22. The van der Waals surface area contributed by atoms with Crippen LogP contribution in [0, 0.1) is 0 Å². The van der Waals surface area contributed by atoms with Crippen molar-refractivity contribution in [3.05, 3.63) is 30.2 Å². The van der Waals surface area contributed by atoms with Crippen LogP contribution in [0.3, 0.4) is 0 Å². The quantitative estimate of drug-likeness (QED) is 0.768. The van der Waals surface area contributed by atoms with Crippen molar-refractivity contribution in [2.75, 3.05) is 32.8 Å². The SMILES string of the molecule is CCOc1ccc(-c2noc(CCC(=O)N3CCN(C(C)=O)CC3)n2)cc1. The zero-order valence-corrected chi connectivity index (χ0v) is 15.7. The number of nitrogens with zero attached hydrogens (tertiary/aromatic N) is 4. The van der Waals surface area contributed by atoms with E-state index in [0.717, 1.165) is 11.3 Å². The molecule has 0 atom stereocenters. The molecule has 1 saturated heterocycles. The molecule has 3 rings (SSSR count). The van der Waals surface area contributed by atoms with E-state index < -0.39 is 0 Å². The summed E-state index contributed by atoms with van der Waals surface area (Å²) in [6.07, 6.45) is 0.709. The lowest BCUT2D eigenvalue weighted by Gasteiger charge is -2.34. The van der Waals surface area contributed by atoms with Gasteiger partial charge in [0, 0.05) is 51.5 Å². The van der Waals surface area contributed by atoms with E-state index >= 15 is 0 Å². The number of amides is 2. The molecule has 2 heterocycles. The van der Waals surface area contributed by atoms with Gasteiger partial charge in [0.1, 0.15) is 5.75 Å². The molecule has 1 aliphatic heterocycles. The number of hydrogen-bond donors (Lipinski definition) is 0. The third kappa shape index (κ3) is 4.84. The number of rotatable bonds is 6. The minimum absolute atomic E-state index is 0.0408. The van der Waals surface area contributed by atoms with Crippen molar-refractivity contribution in [3.8, 4) is 17.1 Å². The predicted octanol–water partition coefficient (Wildman–Crippen LogP) is 1.76. The first kappa shape index (κ1) is 18.9. The fraction of sp³-hybridized carbons (Fsp3) is 0.474. The Morgan fingerprint density at radius 2 is 1.78 bits per heavy atom. The maximum Gasteiger partial charge on any atom is 0.227 e. The Balaban J connectivity index is 1.51. The standard InChI is InChI=1S/C19H24N4O4/c1-3-26-16-6-4-15(5-7-16)19-20-17(27-21-19)8-9-18(25)23-12-10-22(11-13-23)14(2)24/h4-7H,3,8-13H2,1-2H3. The Hall–Kier alpha value is -2.90. The molecule has 2 amide bonds. The van der Waals surface area contributed by atoms with Crippen molar-refractivity contribution in [2.24, 2.45) is 0 Å². The van der Waals surface area contributed by atoms with Crippen LogP contribution < -0.4 is 4.74 Å². The van der Waals surface area contributed by atoms with E-state index in [1.807, 2.05) is 31.2 Å². The Bertz CT molecular complexity index is 779. The lowest BCUT2D eigenvalue weighted by molar-refractivity contribution is -0.138. The van der Waals surface area contributed by atoms with Crippen LogP contribution in [0.2, 0.25) is 0 Å². The van der Waals surface area contributed by atoms with Gasteiger partial charge in [-0.05, 0) is 31.2 Å². The fourth-order valence-corrected chi connectivity index (χ4v) is 2.98. The first-order valence-electron chi connectivity index (χ1n) is 9.16. The molecule has 8 heteroatoms. The summed E-state index contributed by atoms with van der Waals surface area (Å²) in [7, 11) is 0. The molecule has 1 aliphatic rings. The minimum Gasteiger partial charge on any atom is -0.494 e. The van der Waals surface area contributed by atoms with E-state index in [0.29, 0.717) is 57.3 Å². The third-order valence-electron chi connectivity index (χ3n) is 4.52. The molecule has 0 radical (unpaired) electrons. The van der Waals surface area contributed by atoms with Crippen LogP contribution in [-0.4, -0.2) is 64.5 Å². The monoisotopic (exact) mass is 372 g/mol. The summed E-state index contributed by atoms with van der Waals surface area (Å²) in [5.74, 6) is 1.82. The van der Waals surface area contributed by atoms with Gasteiger partial charge in [-0.1, -0.05) is 5.16 Å². The number of ether oxygens (including phenoxy) is 1. The van der Waals surface area contributed by atoms with Crippen molar-refractivity contribution in [1.82, 2.24) is 19.9 Å².